The molecule has 1 aromatic carbocycles. The minimum atomic E-state index is 0.0444. The fraction of sp³-hybridized carbons (Fsp3) is 0.600. The Morgan fingerprint density at radius 3 is 2.95 bits per heavy atom. The van der Waals surface area contributed by atoms with Gasteiger partial charge >= 0.3 is 0 Å². The average Bonchev–Trinajstić information content (AvgIpc) is 3.19. The van der Waals surface area contributed by atoms with Crippen LogP contribution in [0.3, 0.4) is 0 Å². The molecule has 0 spiro atoms. The van der Waals surface area contributed by atoms with Gasteiger partial charge in [0, 0.05) is 19.1 Å². The van der Waals surface area contributed by atoms with E-state index < -0.39 is 0 Å². The highest BCUT2D eigenvalue weighted by atomic mass is 16.5. The Bertz CT molecular complexity index is 590. The second-order valence-corrected chi connectivity index (χ2v) is 5.84. The van der Waals surface area contributed by atoms with Gasteiger partial charge in [-0.05, 0) is 44.5 Å². The van der Waals surface area contributed by atoms with Crippen LogP contribution in [0.4, 0.5) is 0 Å². The van der Waals surface area contributed by atoms with E-state index in [-0.39, 0.29) is 6.23 Å². The molecule has 0 unspecified atom stereocenters. The van der Waals surface area contributed by atoms with Gasteiger partial charge in [-0.1, -0.05) is 17.3 Å². The predicted octanol–water partition coefficient (Wildman–Crippen LogP) is 2.06. The lowest BCUT2D eigenvalue weighted by Gasteiger charge is -2.24. The van der Waals surface area contributed by atoms with E-state index in [2.05, 4.69) is 21.3 Å². The van der Waals surface area contributed by atoms with Crippen LogP contribution in [0.15, 0.2) is 24.3 Å². The second kappa shape index (κ2) is 5.14. The third-order valence-corrected chi connectivity index (χ3v) is 4.49. The van der Waals surface area contributed by atoms with E-state index in [0.29, 0.717) is 5.92 Å². The number of hydrogen-bond donors (Lipinski definition) is 0. The summed E-state index contributed by atoms with van der Waals surface area (Å²) in [6.07, 6.45) is 3.84. The lowest BCUT2D eigenvalue weighted by molar-refractivity contribution is 0.0176. The summed E-state index contributed by atoms with van der Waals surface area (Å²) in [5, 5.41) is 8.57. The van der Waals surface area contributed by atoms with Crippen LogP contribution >= 0.6 is 0 Å². The third-order valence-electron chi connectivity index (χ3n) is 4.49. The fourth-order valence-electron chi connectivity index (χ4n) is 3.44. The molecule has 3 heterocycles. The monoisotopic (exact) mass is 272 g/mol. The number of likely N-dealkylation sites (tertiary alicyclic amines) is 1. The van der Waals surface area contributed by atoms with Gasteiger partial charge in [0.25, 0.3) is 0 Å². The normalized spacial score (nSPS) is 27.6. The van der Waals surface area contributed by atoms with Crippen LogP contribution in [0.5, 0.6) is 0 Å². The van der Waals surface area contributed by atoms with E-state index in [1.807, 2.05) is 22.9 Å². The van der Waals surface area contributed by atoms with Crippen molar-refractivity contribution < 1.29 is 4.74 Å². The zero-order valence-electron chi connectivity index (χ0n) is 11.6. The number of ether oxygens (including phenoxy) is 1. The van der Waals surface area contributed by atoms with Gasteiger partial charge in [0.2, 0.25) is 0 Å². The summed E-state index contributed by atoms with van der Waals surface area (Å²) in [6, 6.07) is 8.11. The Balaban J connectivity index is 1.59. The van der Waals surface area contributed by atoms with Crippen molar-refractivity contribution in [3.8, 4) is 0 Å². The minimum Gasteiger partial charge on any atom is -0.356 e. The number of hydrogen-bond acceptors (Lipinski definition) is 4. The summed E-state index contributed by atoms with van der Waals surface area (Å²) in [5.74, 6) is 0.526. The zero-order valence-corrected chi connectivity index (χ0v) is 11.6. The molecule has 20 heavy (non-hydrogen) atoms. The van der Waals surface area contributed by atoms with Crippen LogP contribution in [0.1, 0.15) is 25.5 Å². The van der Waals surface area contributed by atoms with E-state index in [9.17, 15) is 0 Å². The standard InChI is InChI=1S/C15H20N4O/c1-2-6-14-13(5-1)16-17-19(14)15-12(7-10-20-15)11-18-8-3-4-9-18/h1-2,5-6,12,15H,3-4,7-11H2/t12-,15+/m1/s1. The molecule has 0 radical (unpaired) electrons. The van der Waals surface area contributed by atoms with Crippen LogP contribution in [-0.2, 0) is 4.74 Å². The number of nitrogens with zero attached hydrogens (tertiary/aromatic N) is 4. The summed E-state index contributed by atoms with van der Waals surface area (Å²) in [7, 11) is 0. The van der Waals surface area contributed by atoms with Gasteiger partial charge in [-0.2, -0.15) is 0 Å². The zero-order chi connectivity index (χ0) is 13.4. The highest BCUT2D eigenvalue weighted by Crippen LogP contribution is 2.32. The Kier molecular flexibility index (Phi) is 3.16. The molecule has 2 fully saturated rings. The topological polar surface area (TPSA) is 43.2 Å². The van der Waals surface area contributed by atoms with Gasteiger partial charge in [-0.15, -0.1) is 5.10 Å². The molecule has 5 nitrogen and oxygen atoms in total. The van der Waals surface area contributed by atoms with E-state index in [0.717, 1.165) is 30.6 Å². The second-order valence-electron chi connectivity index (χ2n) is 5.84. The Labute approximate surface area is 118 Å². The molecule has 2 aliphatic heterocycles. The molecule has 0 bridgehead atoms. The molecular formula is C15H20N4O. The first-order valence-corrected chi connectivity index (χ1v) is 7.56. The van der Waals surface area contributed by atoms with Crippen LogP contribution in [0, 0.1) is 5.92 Å². The Morgan fingerprint density at radius 1 is 1.20 bits per heavy atom. The molecule has 2 saturated heterocycles. The van der Waals surface area contributed by atoms with Gasteiger partial charge in [-0.3, -0.25) is 0 Å². The Morgan fingerprint density at radius 2 is 2.05 bits per heavy atom. The van der Waals surface area contributed by atoms with Crippen LogP contribution in [0.25, 0.3) is 11.0 Å². The van der Waals surface area contributed by atoms with E-state index in [4.69, 9.17) is 4.74 Å². The number of para-hydroxylation sites is 1. The smallest absolute Gasteiger partial charge is 0.156 e. The molecule has 0 amide bonds. The lowest BCUT2D eigenvalue weighted by atomic mass is 10.1. The fourth-order valence-corrected chi connectivity index (χ4v) is 3.44. The maximum atomic E-state index is 5.96. The highest BCUT2D eigenvalue weighted by Gasteiger charge is 2.33. The van der Waals surface area contributed by atoms with Crippen molar-refractivity contribution in [3.63, 3.8) is 0 Å². The molecule has 106 valence electrons. The predicted molar refractivity (Wildman–Crippen MR) is 76.3 cm³/mol. The summed E-state index contributed by atoms with van der Waals surface area (Å²) in [6.45, 7) is 4.43. The summed E-state index contributed by atoms with van der Waals surface area (Å²) in [4.78, 5) is 2.56. The van der Waals surface area contributed by atoms with Crippen LogP contribution < -0.4 is 0 Å². The first-order valence-electron chi connectivity index (χ1n) is 7.56. The number of rotatable bonds is 3. The number of aromatic nitrogens is 3. The summed E-state index contributed by atoms with van der Waals surface area (Å²) >= 11 is 0. The molecule has 0 N–H and O–H groups in total. The van der Waals surface area contributed by atoms with Crippen LogP contribution in [0.2, 0.25) is 0 Å². The molecule has 5 heteroatoms. The van der Waals surface area contributed by atoms with Crippen molar-refractivity contribution in [2.24, 2.45) is 5.92 Å². The van der Waals surface area contributed by atoms with Crippen molar-refractivity contribution in [1.29, 1.82) is 0 Å². The largest absolute Gasteiger partial charge is 0.356 e. The molecular weight excluding hydrogens is 252 g/mol. The van der Waals surface area contributed by atoms with Crippen molar-refractivity contribution in [2.45, 2.75) is 25.5 Å². The first-order chi connectivity index (χ1) is 9.92. The minimum absolute atomic E-state index is 0.0444. The van der Waals surface area contributed by atoms with E-state index in [1.54, 1.807) is 0 Å². The molecule has 2 aromatic rings. The number of benzene rings is 1. The van der Waals surface area contributed by atoms with E-state index >= 15 is 0 Å². The molecule has 0 aliphatic carbocycles. The van der Waals surface area contributed by atoms with Gasteiger partial charge < -0.3 is 9.64 Å². The van der Waals surface area contributed by atoms with Crippen LogP contribution in [-0.4, -0.2) is 46.1 Å². The van der Waals surface area contributed by atoms with Crippen molar-refractivity contribution in [3.05, 3.63) is 24.3 Å². The maximum Gasteiger partial charge on any atom is 0.156 e. The quantitative estimate of drug-likeness (QED) is 0.858. The average molecular weight is 272 g/mol. The maximum absolute atomic E-state index is 5.96. The lowest BCUT2D eigenvalue weighted by Crippen LogP contribution is -2.30. The van der Waals surface area contributed by atoms with Gasteiger partial charge in [0.05, 0.1) is 5.52 Å². The number of fused-ring (bicyclic) bond motifs is 1. The summed E-state index contributed by atoms with van der Waals surface area (Å²) in [5.41, 5.74) is 2.02. The van der Waals surface area contributed by atoms with Gasteiger partial charge in [0.1, 0.15) is 5.52 Å². The van der Waals surface area contributed by atoms with Gasteiger partial charge in [0.15, 0.2) is 6.23 Å². The molecule has 4 rings (SSSR count). The van der Waals surface area contributed by atoms with Crippen molar-refractivity contribution >= 4 is 11.0 Å². The molecule has 2 atom stereocenters. The molecule has 1 aromatic heterocycles. The van der Waals surface area contributed by atoms with Crippen molar-refractivity contribution in [1.82, 2.24) is 19.9 Å². The summed E-state index contributed by atoms with van der Waals surface area (Å²) < 4.78 is 7.94. The highest BCUT2D eigenvalue weighted by molar-refractivity contribution is 5.73. The Hall–Kier alpha value is -1.46. The van der Waals surface area contributed by atoms with Gasteiger partial charge in [-0.25, -0.2) is 4.68 Å². The molecule has 0 saturated carbocycles. The van der Waals surface area contributed by atoms with Crippen molar-refractivity contribution in [2.75, 3.05) is 26.2 Å². The SMILES string of the molecule is c1ccc2c(c1)nnn2[C@H]1OCC[C@@H]1CN1CCCC1. The van der Waals surface area contributed by atoms with E-state index in [1.165, 1.54) is 25.9 Å². The molecule has 2 aliphatic rings. The third kappa shape index (κ3) is 2.11. The first kappa shape index (κ1) is 12.3.